The largest absolute Gasteiger partial charge is 0.476 e. The van der Waals surface area contributed by atoms with E-state index in [2.05, 4.69) is 5.10 Å². The lowest BCUT2D eigenvalue weighted by Gasteiger charge is -2.26. The third-order valence-corrected chi connectivity index (χ3v) is 2.24. The zero-order valence-electron chi connectivity index (χ0n) is 9.71. The summed E-state index contributed by atoms with van der Waals surface area (Å²) in [6.45, 7) is 2.81. The minimum absolute atomic E-state index is 0.00229. The summed E-state index contributed by atoms with van der Waals surface area (Å²) in [5.74, 6) is -0.340. The fourth-order valence-corrected chi connectivity index (χ4v) is 0.896. The standard InChI is InChI=1S/C10H13F3N2O2/c1-7(16)15-5-4-8(14-15)17-6-9(2,3)10(11,12)13/h4-5H,6H2,1-3H3. The van der Waals surface area contributed by atoms with Crippen LogP contribution in [0.3, 0.4) is 0 Å². The number of rotatable bonds is 3. The van der Waals surface area contributed by atoms with Gasteiger partial charge >= 0.3 is 6.18 Å². The van der Waals surface area contributed by atoms with Crippen LogP contribution in [0.15, 0.2) is 12.3 Å². The smallest absolute Gasteiger partial charge is 0.397 e. The number of carbonyl (C=O) groups is 1. The number of carbonyl (C=O) groups excluding carboxylic acids is 1. The van der Waals surface area contributed by atoms with Gasteiger partial charge in [0.05, 0.1) is 5.41 Å². The van der Waals surface area contributed by atoms with Gasteiger partial charge in [0.15, 0.2) is 0 Å². The molecule has 0 amide bonds. The Hall–Kier alpha value is -1.53. The van der Waals surface area contributed by atoms with E-state index in [1.807, 2.05) is 0 Å². The van der Waals surface area contributed by atoms with Gasteiger partial charge in [0.1, 0.15) is 6.61 Å². The van der Waals surface area contributed by atoms with E-state index in [1.165, 1.54) is 19.2 Å². The van der Waals surface area contributed by atoms with Crippen molar-refractivity contribution in [2.75, 3.05) is 6.61 Å². The highest BCUT2D eigenvalue weighted by atomic mass is 19.4. The number of ether oxygens (including phenoxy) is 1. The van der Waals surface area contributed by atoms with E-state index in [1.54, 1.807) is 0 Å². The normalized spacial score (nSPS) is 12.6. The van der Waals surface area contributed by atoms with Crippen LogP contribution >= 0.6 is 0 Å². The number of alkyl halides is 3. The summed E-state index contributed by atoms with van der Waals surface area (Å²) in [6, 6.07) is 1.34. The summed E-state index contributed by atoms with van der Waals surface area (Å²) in [4.78, 5) is 10.9. The number of hydrogen-bond donors (Lipinski definition) is 0. The van der Waals surface area contributed by atoms with Gasteiger partial charge in [-0.15, -0.1) is 5.10 Å². The zero-order valence-corrected chi connectivity index (χ0v) is 9.71. The Bertz CT molecular complexity index is 410. The van der Waals surface area contributed by atoms with Gasteiger partial charge < -0.3 is 4.74 Å². The van der Waals surface area contributed by atoms with E-state index in [4.69, 9.17) is 4.74 Å². The number of halogens is 3. The second-order valence-corrected chi connectivity index (χ2v) is 4.29. The van der Waals surface area contributed by atoms with E-state index in [9.17, 15) is 18.0 Å². The van der Waals surface area contributed by atoms with Gasteiger partial charge in [-0.25, -0.2) is 4.68 Å². The minimum Gasteiger partial charge on any atom is -0.476 e. The van der Waals surface area contributed by atoms with Crippen molar-refractivity contribution in [1.29, 1.82) is 0 Å². The minimum atomic E-state index is -4.35. The number of aromatic nitrogens is 2. The molecule has 1 heterocycles. The van der Waals surface area contributed by atoms with E-state index in [-0.39, 0.29) is 11.8 Å². The highest BCUT2D eigenvalue weighted by Gasteiger charge is 2.48. The molecule has 0 aromatic carbocycles. The Labute approximate surface area is 96.4 Å². The maximum absolute atomic E-state index is 12.5. The molecule has 1 aromatic heterocycles. The third-order valence-electron chi connectivity index (χ3n) is 2.24. The molecular formula is C10H13F3N2O2. The van der Waals surface area contributed by atoms with Crippen LogP contribution in [0.2, 0.25) is 0 Å². The lowest BCUT2D eigenvalue weighted by Crippen LogP contribution is -2.37. The molecule has 0 saturated heterocycles. The maximum Gasteiger partial charge on any atom is 0.397 e. The van der Waals surface area contributed by atoms with E-state index in [0.29, 0.717) is 0 Å². The van der Waals surface area contributed by atoms with Gasteiger partial charge in [-0.2, -0.15) is 13.2 Å². The van der Waals surface area contributed by atoms with E-state index >= 15 is 0 Å². The number of hydrogen-bond acceptors (Lipinski definition) is 3. The molecule has 0 atom stereocenters. The Morgan fingerprint density at radius 2 is 2.06 bits per heavy atom. The quantitative estimate of drug-likeness (QED) is 0.827. The van der Waals surface area contributed by atoms with Crippen LogP contribution < -0.4 is 4.74 Å². The van der Waals surface area contributed by atoms with Crippen LogP contribution in [0.1, 0.15) is 25.6 Å². The molecular weight excluding hydrogens is 237 g/mol. The van der Waals surface area contributed by atoms with Crippen molar-refractivity contribution in [3.63, 3.8) is 0 Å². The lowest BCUT2D eigenvalue weighted by molar-refractivity contribution is -0.219. The topological polar surface area (TPSA) is 44.1 Å². The average Bonchev–Trinajstić information content (AvgIpc) is 2.61. The summed E-state index contributed by atoms with van der Waals surface area (Å²) >= 11 is 0. The van der Waals surface area contributed by atoms with Crippen LogP contribution in [0.5, 0.6) is 5.88 Å². The molecule has 0 bridgehead atoms. The van der Waals surface area contributed by atoms with Gasteiger partial charge in [-0.05, 0) is 13.8 Å². The van der Waals surface area contributed by atoms with E-state index in [0.717, 1.165) is 18.5 Å². The first kappa shape index (κ1) is 13.5. The van der Waals surface area contributed by atoms with Crippen molar-refractivity contribution in [3.05, 3.63) is 12.3 Å². The van der Waals surface area contributed by atoms with Crippen LogP contribution in [0.4, 0.5) is 13.2 Å². The van der Waals surface area contributed by atoms with Gasteiger partial charge in [0.2, 0.25) is 11.8 Å². The molecule has 0 aliphatic heterocycles. The predicted octanol–water partition coefficient (Wildman–Crippen LogP) is 2.51. The second kappa shape index (κ2) is 4.38. The Kier molecular flexibility index (Phi) is 3.49. The highest BCUT2D eigenvalue weighted by Crippen LogP contribution is 2.37. The van der Waals surface area contributed by atoms with Crippen molar-refractivity contribution in [3.8, 4) is 5.88 Å². The molecule has 0 unspecified atom stereocenters. The first-order valence-corrected chi connectivity index (χ1v) is 4.89. The fraction of sp³-hybridized carbons (Fsp3) is 0.600. The molecule has 1 aromatic rings. The predicted molar refractivity (Wildman–Crippen MR) is 53.9 cm³/mol. The van der Waals surface area contributed by atoms with Crippen LogP contribution in [0, 0.1) is 5.41 Å². The molecule has 0 saturated carbocycles. The second-order valence-electron chi connectivity index (χ2n) is 4.29. The molecule has 96 valence electrons. The number of nitrogens with zero attached hydrogens (tertiary/aromatic N) is 2. The molecule has 0 aliphatic rings. The summed E-state index contributed by atoms with van der Waals surface area (Å²) < 4.78 is 43.4. The van der Waals surface area contributed by atoms with Gasteiger partial charge in [0.25, 0.3) is 0 Å². The van der Waals surface area contributed by atoms with Crippen molar-refractivity contribution < 1.29 is 22.7 Å². The SMILES string of the molecule is CC(=O)n1ccc(OCC(C)(C)C(F)(F)F)n1. The molecule has 0 spiro atoms. The van der Waals surface area contributed by atoms with Gasteiger partial charge in [-0.1, -0.05) is 0 Å². The molecule has 0 radical (unpaired) electrons. The first-order valence-electron chi connectivity index (χ1n) is 4.89. The lowest BCUT2D eigenvalue weighted by atomic mass is 9.94. The zero-order chi connectivity index (χ0) is 13.3. The molecule has 17 heavy (non-hydrogen) atoms. The first-order chi connectivity index (χ1) is 7.63. The summed E-state index contributed by atoms with van der Waals surface area (Å²) in [5.41, 5.74) is -1.97. The molecule has 1 rings (SSSR count). The van der Waals surface area contributed by atoms with Crippen molar-refractivity contribution in [1.82, 2.24) is 9.78 Å². The molecule has 7 heteroatoms. The molecule has 4 nitrogen and oxygen atoms in total. The highest BCUT2D eigenvalue weighted by molar-refractivity contribution is 5.75. The van der Waals surface area contributed by atoms with Crippen LogP contribution in [-0.2, 0) is 0 Å². The van der Waals surface area contributed by atoms with Crippen LogP contribution in [-0.4, -0.2) is 28.5 Å². The van der Waals surface area contributed by atoms with E-state index < -0.39 is 18.2 Å². The Morgan fingerprint density at radius 1 is 1.47 bits per heavy atom. The summed E-state index contributed by atoms with van der Waals surface area (Å²) in [6.07, 6.45) is -3.02. The summed E-state index contributed by atoms with van der Waals surface area (Å²) in [5, 5.41) is 3.67. The third kappa shape index (κ3) is 3.21. The molecule has 0 fully saturated rings. The van der Waals surface area contributed by atoms with Crippen molar-refractivity contribution >= 4 is 5.91 Å². The molecule has 0 N–H and O–H groups in total. The molecule has 0 aliphatic carbocycles. The van der Waals surface area contributed by atoms with Gasteiger partial charge in [-0.3, -0.25) is 4.79 Å². The van der Waals surface area contributed by atoms with Gasteiger partial charge in [0, 0.05) is 19.2 Å². The monoisotopic (exact) mass is 250 g/mol. The summed E-state index contributed by atoms with van der Waals surface area (Å²) in [7, 11) is 0. The Morgan fingerprint density at radius 3 is 2.47 bits per heavy atom. The van der Waals surface area contributed by atoms with Crippen molar-refractivity contribution in [2.45, 2.75) is 26.9 Å². The maximum atomic E-state index is 12.5. The van der Waals surface area contributed by atoms with Crippen LogP contribution in [0.25, 0.3) is 0 Å². The average molecular weight is 250 g/mol. The van der Waals surface area contributed by atoms with Crippen molar-refractivity contribution in [2.24, 2.45) is 5.41 Å². The Balaban J connectivity index is 2.64. The fourth-order valence-electron chi connectivity index (χ4n) is 0.896.